The zero-order chi connectivity index (χ0) is 15.4. The zero-order valence-corrected chi connectivity index (χ0v) is 14.6. The van der Waals surface area contributed by atoms with Gasteiger partial charge in [0.2, 0.25) is 0 Å². The number of hydrogen-bond acceptors (Lipinski definition) is 3. The molecule has 1 heterocycles. The maximum absolute atomic E-state index is 10.5. The molecule has 4 unspecified atom stereocenters. The molecule has 0 aromatic heterocycles. The van der Waals surface area contributed by atoms with Crippen LogP contribution in [0.1, 0.15) is 51.9 Å². The van der Waals surface area contributed by atoms with E-state index in [0.717, 1.165) is 42.3 Å². The fourth-order valence-corrected chi connectivity index (χ4v) is 5.58. The highest BCUT2D eigenvalue weighted by atomic mass is 32.2. The molecule has 5 heteroatoms. The van der Waals surface area contributed by atoms with Crippen LogP contribution in [0.15, 0.2) is 4.99 Å². The fourth-order valence-electron chi connectivity index (χ4n) is 4.29. The summed E-state index contributed by atoms with van der Waals surface area (Å²) in [7, 11) is 0. The van der Waals surface area contributed by atoms with Gasteiger partial charge in [0.15, 0.2) is 5.96 Å². The minimum absolute atomic E-state index is 0.522. The largest absolute Gasteiger partial charge is 0.387 e. The number of thioether (sulfide) groups is 1. The number of nitrogens with zero attached hydrogens (tertiary/aromatic N) is 1. The van der Waals surface area contributed by atoms with Gasteiger partial charge in [-0.15, -0.1) is 0 Å². The van der Waals surface area contributed by atoms with Gasteiger partial charge >= 0.3 is 0 Å². The van der Waals surface area contributed by atoms with Crippen molar-refractivity contribution in [2.75, 3.05) is 24.6 Å². The van der Waals surface area contributed by atoms with Crippen molar-refractivity contribution in [3.8, 4) is 0 Å². The van der Waals surface area contributed by atoms with E-state index in [1.54, 1.807) is 0 Å². The van der Waals surface area contributed by atoms with Crippen LogP contribution in [0.4, 0.5) is 0 Å². The third kappa shape index (κ3) is 4.10. The number of aliphatic hydroxyl groups is 1. The predicted octanol–water partition coefficient (Wildman–Crippen LogP) is 2.38. The Bertz CT molecular complexity index is 395. The molecule has 1 aliphatic heterocycles. The number of fused-ring (bicyclic) bond motifs is 1. The van der Waals surface area contributed by atoms with Gasteiger partial charge in [0, 0.05) is 18.3 Å². The first-order valence-corrected chi connectivity index (χ1v) is 10.2. The lowest BCUT2D eigenvalue weighted by Gasteiger charge is -2.33. The fraction of sp³-hybridized carbons (Fsp3) is 0.941. The van der Waals surface area contributed by atoms with Crippen LogP contribution >= 0.6 is 11.8 Å². The lowest BCUT2D eigenvalue weighted by atomic mass is 9.79. The van der Waals surface area contributed by atoms with Gasteiger partial charge in [-0.3, -0.25) is 4.99 Å². The van der Waals surface area contributed by atoms with Crippen molar-refractivity contribution in [2.45, 2.75) is 63.5 Å². The average molecular weight is 326 g/mol. The molecule has 3 aliphatic rings. The minimum Gasteiger partial charge on any atom is -0.387 e. The summed E-state index contributed by atoms with van der Waals surface area (Å²) < 4.78 is 0. The number of guanidine groups is 1. The molecule has 0 amide bonds. The van der Waals surface area contributed by atoms with Gasteiger partial charge in [0.1, 0.15) is 0 Å². The van der Waals surface area contributed by atoms with Gasteiger partial charge < -0.3 is 15.7 Å². The van der Waals surface area contributed by atoms with Crippen LogP contribution < -0.4 is 10.6 Å². The summed E-state index contributed by atoms with van der Waals surface area (Å²) in [6.07, 6.45) is 9.13. The normalized spacial score (nSPS) is 38.8. The summed E-state index contributed by atoms with van der Waals surface area (Å²) in [5, 5.41) is 17.4. The summed E-state index contributed by atoms with van der Waals surface area (Å²) >= 11 is 1.83. The molecule has 3 rings (SSSR count). The average Bonchev–Trinajstić information content (AvgIpc) is 3.14. The molecule has 4 atom stereocenters. The molecular weight excluding hydrogens is 294 g/mol. The Kier molecular flexibility index (Phi) is 5.55. The molecule has 126 valence electrons. The zero-order valence-electron chi connectivity index (χ0n) is 13.8. The van der Waals surface area contributed by atoms with Crippen LogP contribution in [0, 0.1) is 11.8 Å². The molecule has 0 bridgehead atoms. The molecule has 0 aromatic carbocycles. The lowest BCUT2D eigenvalue weighted by Crippen LogP contribution is -2.47. The van der Waals surface area contributed by atoms with Gasteiger partial charge in [-0.25, -0.2) is 0 Å². The van der Waals surface area contributed by atoms with Gasteiger partial charge in [-0.2, -0.15) is 11.8 Å². The molecule has 3 fully saturated rings. The molecular formula is C17H31N3OS. The number of hydrogen-bond donors (Lipinski definition) is 3. The second-order valence-electron chi connectivity index (χ2n) is 7.33. The maximum Gasteiger partial charge on any atom is 0.191 e. The summed E-state index contributed by atoms with van der Waals surface area (Å²) in [5.74, 6) is 4.71. The highest BCUT2D eigenvalue weighted by Crippen LogP contribution is 2.42. The SMILES string of the molecule is CCNC(=NCC1(O)CCSC1)NC1CCC2CCCC2C1. The third-order valence-electron chi connectivity index (χ3n) is 5.59. The highest BCUT2D eigenvalue weighted by Gasteiger charge is 2.34. The Hall–Kier alpha value is -0.420. The molecule has 2 saturated carbocycles. The summed E-state index contributed by atoms with van der Waals surface area (Å²) in [6.45, 7) is 3.50. The van der Waals surface area contributed by atoms with Gasteiger partial charge in [0.25, 0.3) is 0 Å². The van der Waals surface area contributed by atoms with Crippen molar-refractivity contribution in [2.24, 2.45) is 16.8 Å². The summed E-state index contributed by atoms with van der Waals surface area (Å²) in [5.41, 5.74) is -0.587. The second kappa shape index (κ2) is 7.43. The van der Waals surface area contributed by atoms with E-state index in [2.05, 4.69) is 22.5 Å². The Labute approximate surface area is 138 Å². The van der Waals surface area contributed by atoms with E-state index in [1.807, 2.05) is 11.8 Å². The van der Waals surface area contributed by atoms with E-state index in [4.69, 9.17) is 0 Å². The summed E-state index contributed by atoms with van der Waals surface area (Å²) in [4.78, 5) is 4.68. The Morgan fingerprint density at radius 2 is 2.14 bits per heavy atom. The van der Waals surface area contributed by atoms with E-state index in [0.29, 0.717) is 12.6 Å². The van der Waals surface area contributed by atoms with Crippen molar-refractivity contribution in [1.29, 1.82) is 0 Å². The third-order valence-corrected chi connectivity index (χ3v) is 6.82. The molecule has 3 N–H and O–H groups in total. The first-order chi connectivity index (χ1) is 10.7. The van der Waals surface area contributed by atoms with E-state index >= 15 is 0 Å². The van der Waals surface area contributed by atoms with E-state index in [9.17, 15) is 5.11 Å². The topological polar surface area (TPSA) is 56.7 Å². The first kappa shape index (κ1) is 16.4. The van der Waals surface area contributed by atoms with Crippen molar-refractivity contribution < 1.29 is 5.11 Å². The highest BCUT2D eigenvalue weighted by molar-refractivity contribution is 7.99. The van der Waals surface area contributed by atoms with Crippen molar-refractivity contribution in [3.63, 3.8) is 0 Å². The number of rotatable bonds is 4. The number of nitrogens with one attached hydrogen (secondary N) is 2. The van der Waals surface area contributed by atoms with E-state index in [-0.39, 0.29) is 0 Å². The van der Waals surface area contributed by atoms with Crippen LogP contribution in [0.25, 0.3) is 0 Å². The molecule has 4 nitrogen and oxygen atoms in total. The monoisotopic (exact) mass is 325 g/mol. The number of aliphatic imine (C=N–C) groups is 1. The maximum atomic E-state index is 10.5. The Morgan fingerprint density at radius 1 is 1.27 bits per heavy atom. The molecule has 0 radical (unpaired) electrons. The van der Waals surface area contributed by atoms with Crippen molar-refractivity contribution in [3.05, 3.63) is 0 Å². The molecule has 2 aliphatic carbocycles. The van der Waals surface area contributed by atoms with Crippen LogP contribution in [-0.2, 0) is 0 Å². The van der Waals surface area contributed by atoms with Gasteiger partial charge in [-0.1, -0.05) is 19.3 Å². The van der Waals surface area contributed by atoms with Crippen molar-refractivity contribution >= 4 is 17.7 Å². The molecule has 0 spiro atoms. The Morgan fingerprint density at radius 3 is 2.91 bits per heavy atom. The van der Waals surface area contributed by atoms with Crippen molar-refractivity contribution in [1.82, 2.24) is 10.6 Å². The van der Waals surface area contributed by atoms with Crippen LogP contribution in [0.3, 0.4) is 0 Å². The lowest BCUT2D eigenvalue weighted by molar-refractivity contribution is 0.0778. The molecule has 22 heavy (non-hydrogen) atoms. The van der Waals surface area contributed by atoms with Crippen LogP contribution in [-0.4, -0.2) is 47.3 Å². The second-order valence-corrected chi connectivity index (χ2v) is 8.43. The van der Waals surface area contributed by atoms with Gasteiger partial charge in [0.05, 0.1) is 12.1 Å². The first-order valence-electron chi connectivity index (χ1n) is 9.03. The van der Waals surface area contributed by atoms with E-state index < -0.39 is 5.60 Å². The van der Waals surface area contributed by atoms with E-state index in [1.165, 1.54) is 38.5 Å². The van der Waals surface area contributed by atoms with Gasteiger partial charge in [-0.05, 0) is 50.2 Å². The standard InChI is InChI=1S/C17H31N3OS/c1-2-18-16(19-11-17(21)8-9-22-12-17)20-15-7-6-13-4-3-5-14(13)10-15/h13-15,21H,2-12H2,1H3,(H2,18,19,20). The Balaban J connectivity index is 1.54. The van der Waals surface area contributed by atoms with Crippen LogP contribution in [0.5, 0.6) is 0 Å². The molecule has 1 saturated heterocycles. The smallest absolute Gasteiger partial charge is 0.191 e. The predicted molar refractivity (Wildman–Crippen MR) is 94.5 cm³/mol. The molecule has 0 aromatic rings. The minimum atomic E-state index is -0.587. The quantitative estimate of drug-likeness (QED) is 0.549. The summed E-state index contributed by atoms with van der Waals surface area (Å²) in [6, 6.07) is 0.560. The van der Waals surface area contributed by atoms with Crippen LogP contribution in [0.2, 0.25) is 0 Å².